The zero-order valence-corrected chi connectivity index (χ0v) is 14.7. The van der Waals surface area contributed by atoms with Crippen LogP contribution in [0.5, 0.6) is 0 Å². The number of nitrogens with zero attached hydrogens (tertiary/aromatic N) is 4. The van der Waals surface area contributed by atoms with E-state index in [1.807, 2.05) is 11.6 Å². The number of carbonyl (C=O) groups excluding carboxylic acids is 1. The lowest BCUT2D eigenvalue weighted by Gasteiger charge is -2.14. The van der Waals surface area contributed by atoms with Crippen molar-refractivity contribution in [3.8, 4) is 0 Å². The molecule has 0 aromatic carbocycles. The van der Waals surface area contributed by atoms with E-state index >= 15 is 0 Å². The third kappa shape index (κ3) is 4.14. The Balaban J connectivity index is 2.01. The maximum Gasteiger partial charge on any atom is 0.241 e. The van der Waals surface area contributed by atoms with E-state index in [1.54, 1.807) is 17.1 Å². The molecule has 24 heavy (non-hydrogen) atoms. The first-order valence-electron chi connectivity index (χ1n) is 8.16. The Morgan fingerprint density at radius 1 is 1.42 bits per heavy atom. The van der Waals surface area contributed by atoms with Gasteiger partial charge < -0.3 is 15.7 Å². The van der Waals surface area contributed by atoms with Gasteiger partial charge in [0.15, 0.2) is 0 Å². The van der Waals surface area contributed by atoms with Crippen molar-refractivity contribution in [1.29, 1.82) is 0 Å². The quantitative estimate of drug-likeness (QED) is 0.669. The van der Waals surface area contributed by atoms with Crippen LogP contribution in [0.1, 0.15) is 36.8 Å². The normalized spacial score (nSPS) is 12.2. The number of carbonyl (C=O) groups is 1. The second-order valence-electron chi connectivity index (χ2n) is 5.77. The highest BCUT2D eigenvalue weighted by molar-refractivity contribution is 5.75. The summed E-state index contributed by atoms with van der Waals surface area (Å²) >= 11 is 0. The lowest BCUT2D eigenvalue weighted by Crippen LogP contribution is -2.30. The van der Waals surface area contributed by atoms with Crippen LogP contribution in [0.4, 0.5) is 5.69 Å². The number of anilines is 1. The Morgan fingerprint density at radius 2 is 2.17 bits per heavy atom. The second kappa shape index (κ2) is 7.96. The zero-order chi connectivity index (χ0) is 17.7. The summed E-state index contributed by atoms with van der Waals surface area (Å²) in [7, 11) is 0. The van der Waals surface area contributed by atoms with Crippen molar-refractivity contribution in [2.45, 2.75) is 46.8 Å². The van der Waals surface area contributed by atoms with Crippen molar-refractivity contribution in [2.75, 3.05) is 18.5 Å². The van der Waals surface area contributed by atoms with Crippen molar-refractivity contribution < 1.29 is 9.90 Å². The van der Waals surface area contributed by atoms with Crippen LogP contribution in [0, 0.1) is 13.8 Å². The predicted octanol–water partition coefficient (Wildman–Crippen LogP) is 0.998. The molecule has 1 unspecified atom stereocenters. The average molecular weight is 334 g/mol. The SMILES string of the molecule is CCn1nc(C)c(C(C)Nc2cnn(CC(=O)NCCO)c2)c1C. The largest absolute Gasteiger partial charge is 0.395 e. The summed E-state index contributed by atoms with van der Waals surface area (Å²) in [5.74, 6) is -0.178. The molecular formula is C16H26N6O2. The van der Waals surface area contributed by atoms with Gasteiger partial charge in [-0.15, -0.1) is 0 Å². The third-order valence-electron chi connectivity index (χ3n) is 3.93. The Bertz CT molecular complexity index is 691. The highest BCUT2D eigenvalue weighted by Gasteiger charge is 2.17. The molecular weight excluding hydrogens is 308 g/mol. The third-order valence-corrected chi connectivity index (χ3v) is 3.93. The molecule has 2 heterocycles. The minimum atomic E-state index is -0.178. The number of nitrogens with one attached hydrogen (secondary N) is 2. The van der Waals surface area contributed by atoms with Crippen molar-refractivity contribution in [1.82, 2.24) is 24.9 Å². The first kappa shape index (κ1) is 18.0. The molecule has 3 N–H and O–H groups in total. The highest BCUT2D eigenvalue weighted by atomic mass is 16.3. The van der Waals surface area contributed by atoms with E-state index in [1.165, 1.54) is 5.56 Å². The molecule has 0 saturated carbocycles. The van der Waals surface area contributed by atoms with Gasteiger partial charge in [-0.05, 0) is 27.7 Å². The predicted molar refractivity (Wildman–Crippen MR) is 91.7 cm³/mol. The molecule has 2 aromatic heterocycles. The monoisotopic (exact) mass is 334 g/mol. The van der Waals surface area contributed by atoms with Gasteiger partial charge >= 0.3 is 0 Å². The standard InChI is InChI=1S/C16H26N6O2/c1-5-22-13(4)16(12(3)20-22)11(2)19-14-8-18-21(9-14)10-15(24)17-6-7-23/h8-9,11,19,23H,5-7,10H2,1-4H3,(H,17,24). The first-order chi connectivity index (χ1) is 11.5. The molecule has 1 atom stereocenters. The van der Waals surface area contributed by atoms with Crippen molar-refractivity contribution in [3.63, 3.8) is 0 Å². The Morgan fingerprint density at radius 3 is 2.79 bits per heavy atom. The molecule has 1 amide bonds. The molecule has 8 heteroatoms. The van der Waals surface area contributed by atoms with Crippen molar-refractivity contribution in [3.05, 3.63) is 29.3 Å². The molecule has 0 bridgehead atoms. The van der Waals surface area contributed by atoms with Gasteiger partial charge in [0.2, 0.25) is 5.91 Å². The second-order valence-corrected chi connectivity index (χ2v) is 5.77. The van der Waals surface area contributed by atoms with Gasteiger partial charge in [-0.1, -0.05) is 0 Å². The number of hydrogen-bond donors (Lipinski definition) is 3. The van der Waals surface area contributed by atoms with E-state index in [0.29, 0.717) is 0 Å². The van der Waals surface area contributed by atoms with Gasteiger partial charge in [0.25, 0.3) is 0 Å². The average Bonchev–Trinajstić information content (AvgIpc) is 3.08. The van der Waals surface area contributed by atoms with Crippen molar-refractivity contribution in [2.24, 2.45) is 0 Å². The molecule has 0 radical (unpaired) electrons. The van der Waals surface area contributed by atoms with Crippen LogP contribution in [0.15, 0.2) is 12.4 Å². The van der Waals surface area contributed by atoms with Crippen LogP contribution in [-0.2, 0) is 17.9 Å². The van der Waals surface area contributed by atoms with E-state index in [-0.39, 0.29) is 31.6 Å². The topological polar surface area (TPSA) is 97.0 Å². The maximum atomic E-state index is 11.6. The number of aryl methyl sites for hydroxylation is 2. The first-order valence-corrected chi connectivity index (χ1v) is 8.16. The fraction of sp³-hybridized carbons (Fsp3) is 0.562. The Kier molecular flexibility index (Phi) is 5.97. The lowest BCUT2D eigenvalue weighted by atomic mass is 10.1. The maximum absolute atomic E-state index is 11.6. The number of amides is 1. The van der Waals surface area contributed by atoms with Gasteiger partial charge in [0.1, 0.15) is 6.54 Å². The minimum absolute atomic E-state index is 0.0701. The van der Waals surface area contributed by atoms with E-state index in [2.05, 4.69) is 41.6 Å². The van der Waals surface area contributed by atoms with Gasteiger partial charge in [-0.25, -0.2) is 0 Å². The Labute approximate surface area is 141 Å². The van der Waals surface area contributed by atoms with Gasteiger partial charge in [-0.3, -0.25) is 14.2 Å². The molecule has 0 aliphatic heterocycles. The van der Waals surface area contributed by atoms with Gasteiger partial charge in [-0.2, -0.15) is 10.2 Å². The zero-order valence-electron chi connectivity index (χ0n) is 14.7. The van der Waals surface area contributed by atoms with E-state index < -0.39 is 0 Å². The van der Waals surface area contributed by atoms with E-state index in [9.17, 15) is 4.79 Å². The summed E-state index contributed by atoms with van der Waals surface area (Å²) < 4.78 is 3.56. The summed E-state index contributed by atoms with van der Waals surface area (Å²) in [4.78, 5) is 11.6. The molecule has 0 fully saturated rings. The van der Waals surface area contributed by atoms with Crippen LogP contribution in [0.25, 0.3) is 0 Å². The molecule has 2 rings (SSSR count). The number of hydrogen-bond acceptors (Lipinski definition) is 5. The lowest BCUT2D eigenvalue weighted by molar-refractivity contribution is -0.122. The van der Waals surface area contributed by atoms with E-state index in [0.717, 1.165) is 23.6 Å². The molecule has 132 valence electrons. The molecule has 0 spiro atoms. The summed E-state index contributed by atoms with van der Waals surface area (Å²) in [6.45, 7) is 9.41. The summed E-state index contributed by atoms with van der Waals surface area (Å²) in [5.41, 5.74) is 4.21. The van der Waals surface area contributed by atoms with Gasteiger partial charge in [0, 0.05) is 30.5 Å². The minimum Gasteiger partial charge on any atom is -0.395 e. The summed E-state index contributed by atoms with van der Waals surface area (Å²) in [5, 5.41) is 23.4. The van der Waals surface area contributed by atoms with E-state index in [4.69, 9.17) is 5.11 Å². The van der Waals surface area contributed by atoms with Crippen LogP contribution in [-0.4, -0.2) is 43.7 Å². The molecule has 0 aliphatic carbocycles. The van der Waals surface area contributed by atoms with Crippen LogP contribution >= 0.6 is 0 Å². The fourth-order valence-corrected chi connectivity index (χ4v) is 2.89. The number of aromatic nitrogens is 4. The summed E-state index contributed by atoms with van der Waals surface area (Å²) in [6.07, 6.45) is 3.49. The Hall–Kier alpha value is -2.35. The fourth-order valence-electron chi connectivity index (χ4n) is 2.89. The van der Waals surface area contributed by atoms with Crippen LogP contribution in [0.2, 0.25) is 0 Å². The number of rotatable bonds is 8. The molecule has 0 aliphatic rings. The van der Waals surface area contributed by atoms with Crippen LogP contribution in [0.3, 0.4) is 0 Å². The smallest absolute Gasteiger partial charge is 0.241 e. The molecule has 8 nitrogen and oxygen atoms in total. The van der Waals surface area contributed by atoms with Crippen LogP contribution < -0.4 is 10.6 Å². The number of aliphatic hydroxyl groups is 1. The van der Waals surface area contributed by atoms with Crippen molar-refractivity contribution >= 4 is 11.6 Å². The summed E-state index contributed by atoms with van der Waals surface area (Å²) in [6, 6.07) is 0.0890. The molecule has 0 saturated heterocycles. The highest BCUT2D eigenvalue weighted by Crippen LogP contribution is 2.24. The number of aliphatic hydroxyl groups excluding tert-OH is 1. The molecule has 2 aromatic rings. The van der Waals surface area contributed by atoms with Gasteiger partial charge in [0.05, 0.1) is 30.2 Å².